The van der Waals surface area contributed by atoms with E-state index in [0.29, 0.717) is 15.7 Å². The third kappa shape index (κ3) is 8.78. The molecule has 0 aromatic carbocycles. The molecule has 0 aromatic rings. The van der Waals surface area contributed by atoms with Crippen molar-refractivity contribution in [2.45, 2.75) is 67.6 Å². The maximum atomic E-state index is 3.77. The minimum absolute atomic E-state index is 0. The molecule has 124 valence electrons. The summed E-state index contributed by atoms with van der Waals surface area (Å²) in [6, 6.07) is 0.678. The first-order valence-electron chi connectivity index (χ1n) is 6.98. The van der Waals surface area contributed by atoms with E-state index in [4.69, 9.17) is 0 Å². The maximum Gasteiger partial charge on any atom is 2.00 e. The summed E-state index contributed by atoms with van der Waals surface area (Å²) in [4.78, 5) is 3.63. The summed E-state index contributed by atoms with van der Waals surface area (Å²) in [6.45, 7) is 2.31. The van der Waals surface area contributed by atoms with Gasteiger partial charge in [-0.3, -0.25) is 0 Å². The van der Waals surface area contributed by atoms with Gasteiger partial charge in [0.2, 0.25) is 0 Å². The Labute approximate surface area is 155 Å². The summed E-state index contributed by atoms with van der Waals surface area (Å²) in [6.07, 6.45) is 10.1. The van der Waals surface area contributed by atoms with Crippen LogP contribution in [0.3, 0.4) is 0 Å². The summed E-state index contributed by atoms with van der Waals surface area (Å²) in [5, 5.41) is 0. The molecule has 3 unspecified atom stereocenters. The zero-order chi connectivity index (χ0) is 12.8. The Morgan fingerprint density at radius 1 is 0.900 bits per heavy atom. The molecular formula is C16H33Br2FeN. The third-order valence-electron chi connectivity index (χ3n) is 4.21. The van der Waals surface area contributed by atoms with Gasteiger partial charge >= 0.3 is 17.1 Å². The van der Waals surface area contributed by atoms with Crippen molar-refractivity contribution in [3.63, 3.8) is 0 Å². The van der Waals surface area contributed by atoms with E-state index < -0.39 is 0 Å². The van der Waals surface area contributed by atoms with E-state index >= 15 is 0 Å². The fourth-order valence-corrected chi connectivity index (χ4v) is 4.34. The number of rotatable bonds is 2. The van der Waals surface area contributed by atoms with Crippen LogP contribution in [-0.4, -0.2) is 34.7 Å². The van der Waals surface area contributed by atoms with Crippen molar-refractivity contribution in [3.05, 3.63) is 14.9 Å². The first-order chi connectivity index (χ1) is 8.04. The number of hydrogen-bond donors (Lipinski definition) is 0. The number of nitrogens with zero attached hydrogens (tertiary/aromatic N) is 1. The molecular weight excluding hydrogens is 422 g/mol. The smallest absolute Gasteiger partial charge is 0.358 e. The fraction of sp³-hybridized carbons (Fsp3) is 0.875. The third-order valence-corrected chi connectivity index (χ3v) is 7.27. The van der Waals surface area contributed by atoms with Gasteiger partial charge in [-0.25, -0.2) is 0 Å². The minimum atomic E-state index is 0. The van der Waals surface area contributed by atoms with Crippen LogP contribution in [-0.2, 0) is 17.1 Å². The van der Waals surface area contributed by atoms with Crippen molar-refractivity contribution in [2.24, 2.45) is 5.92 Å². The molecule has 0 aromatic heterocycles. The number of hydrogen-bond acceptors (Lipinski definition) is 1. The van der Waals surface area contributed by atoms with Gasteiger partial charge in [0.1, 0.15) is 0 Å². The Morgan fingerprint density at radius 2 is 1.30 bits per heavy atom. The van der Waals surface area contributed by atoms with Crippen molar-refractivity contribution < 1.29 is 17.1 Å². The SMILES string of the molecule is C1CCCC1.C[C@H](C1CCC(Br)C1Br)N(C)C.[CH3-].[CH3-].[Fe+2]. The van der Waals surface area contributed by atoms with Gasteiger partial charge in [-0.05, 0) is 39.8 Å². The standard InChI is InChI=1S/C9H17Br2N.C5H10.2CH3.Fe/c1-6(12(2)3)7-4-5-8(10)9(7)11;1-2-4-5-3-1;;;/h6-9H,4-5H2,1-3H3;1-5H2;2*1H3;/q;;2*-1;+2/t6-,7?,8?,9?;;;;/m1..../s1. The Balaban J connectivity index is -0.000000312. The van der Waals surface area contributed by atoms with Gasteiger partial charge in [-0.2, -0.15) is 0 Å². The van der Waals surface area contributed by atoms with Crippen LogP contribution in [0.2, 0.25) is 0 Å². The fourth-order valence-electron chi connectivity index (χ4n) is 2.71. The van der Waals surface area contributed by atoms with Crippen LogP contribution in [0.1, 0.15) is 51.9 Å². The van der Waals surface area contributed by atoms with Gasteiger partial charge in [-0.15, -0.1) is 0 Å². The normalized spacial score (nSPS) is 29.4. The summed E-state index contributed by atoms with van der Waals surface area (Å²) >= 11 is 7.46. The van der Waals surface area contributed by atoms with E-state index in [1.54, 1.807) is 0 Å². The molecule has 2 rings (SSSR count). The molecule has 0 amide bonds. The predicted molar refractivity (Wildman–Crippen MR) is 97.2 cm³/mol. The van der Waals surface area contributed by atoms with E-state index in [0.717, 1.165) is 5.92 Å². The molecule has 2 saturated carbocycles. The Hall–Kier alpha value is 1.44. The van der Waals surface area contributed by atoms with E-state index in [2.05, 4.69) is 57.8 Å². The molecule has 2 aliphatic carbocycles. The Kier molecular flexibility index (Phi) is 18.5. The number of alkyl halides is 2. The number of halogens is 2. The van der Waals surface area contributed by atoms with E-state index in [9.17, 15) is 0 Å². The molecule has 4 heteroatoms. The van der Waals surface area contributed by atoms with Crippen LogP contribution in [0.15, 0.2) is 0 Å². The molecule has 2 aliphatic rings. The van der Waals surface area contributed by atoms with Gasteiger partial charge in [0, 0.05) is 15.7 Å². The van der Waals surface area contributed by atoms with Gasteiger partial charge in [0.05, 0.1) is 0 Å². The van der Waals surface area contributed by atoms with Crippen LogP contribution < -0.4 is 0 Å². The molecule has 0 bridgehead atoms. The molecule has 0 spiro atoms. The zero-order valence-corrected chi connectivity index (χ0v) is 18.1. The van der Waals surface area contributed by atoms with E-state index in [-0.39, 0.29) is 31.9 Å². The topological polar surface area (TPSA) is 3.24 Å². The molecule has 2 fully saturated rings. The molecule has 0 N–H and O–H groups in total. The minimum Gasteiger partial charge on any atom is -0.358 e. The van der Waals surface area contributed by atoms with Crippen molar-refractivity contribution >= 4 is 31.9 Å². The van der Waals surface area contributed by atoms with Crippen molar-refractivity contribution in [1.29, 1.82) is 0 Å². The Morgan fingerprint density at radius 3 is 1.55 bits per heavy atom. The second kappa shape index (κ2) is 14.1. The van der Waals surface area contributed by atoms with Crippen LogP contribution in [0.25, 0.3) is 0 Å². The van der Waals surface area contributed by atoms with Crippen LogP contribution in [0.5, 0.6) is 0 Å². The summed E-state index contributed by atoms with van der Waals surface area (Å²) < 4.78 is 0. The van der Waals surface area contributed by atoms with Crippen molar-refractivity contribution in [1.82, 2.24) is 4.90 Å². The van der Waals surface area contributed by atoms with Gasteiger partial charge in [0.25, 0.3) is 0 Å². The van der Waals surface area contributed by atoms with Crippen LogP contribution in [0, 0.1) is 20.8 Å². The summed E-state index contributed by atoms with van der Waals surface area (Å²) in [5.41, 5.74) is 0. The van der Waals surface area contributed by atoms with Crippen molar-refractivity contribution in [2.75, 3.05) is 14.1 Å². The first kappa shape index (κ1) is 26.3. The molecule has 0 saturated heterocycles. The molecule has 20 heavy (non-hydrogen) atoms. The zero-order valence-electron chi connectivity index (χ0n) is 13.8. The second-order valence-electron chi connectivity index (χ2n) is 5.67. The van der Waals surface area contributed by atoms with E-state index in [1.165, 1.54) is 44.9 Å². The largest absolute Gasteiger partial charge is 2.00 e. The van der Waals surface area contributed by atoms with Crippen LogP contribution in [0.4, 0.5) is 0 Å². The quantitative estimate of drug-likeness (QED) is 0.293. The maximum absolute atomic E-state index is 3.77. The molecule has 0 aliphatic heterocycles. The predicted octanol–water partition coefficient (Wildman–Crippen LogP) is 5.72. The molecule has 1 nitrogen and oxygen atoms in total. The van der Waals surface area contributed by atoms with Crippen LogP contribution >= 0.6 is 31.9 Å². The average Bonchev–Trinajstić information content (AvgIpc) is 2.94. The molecule has 0 heterocycles. The molecule has 4 atom stereocenters. The molecule has 0 radical (unpaired) electrons. The monoisotopic (exact) mass is 453 g/mol. The first-order valence-corrected chi connectivity index (χ1v) is 8.81. The van der Waals surface area contributed by atoms with Crippen molar-refractivity contribution in [3.8, 4) is 0 Å². The summed E-state index contributed by atoms with van der Waals surface area (Å²) in [5.74, 6) is 0.796. The van der Waals surface area contributed by atoms with Gasteiger partial charge in [-0.1, -0.05) is 64.0 Å². The van der Waals surface area contributed by atoms with Gasteiger partial charge in [0.15, 0.2) is 0 Å². The summed E-state index contributed by atoms with van der Waals surface area (Å²) in [7, 11) is 4.32. The second-order valence-corrected chi connectivity index (χ2v) is 7.91. The van der Waals surface area contributed by atoms with Gasteiger partial charge < -0.3 is 19.8 Å². The Bertz CT molecular complexity index is 203. The van der Waals surface area contributed by atoms with E-state index in [1.807, 2.05) is 0 Å². The average molecular weight is 455 g/mol.